The lowest BCUT2D eigenvalue weighted by atomic mass is 10.2. The van der Waals surface area contributed by atoms with Gasteiger partial charge in [0.25, 0.3) is 0 Å². The van der Waals surface area contributed by atoms with Crippen LogP contribution in [0.15, 0.2) is 24.3 Å². The maximum Gasteiger partial charge on any atom is 0.202 e. The number of anilines is 1. The predicted molar refractivity (Wildman–Crippen MR) is 74.3 cm³/mol. The second kappa shape index (κ2) is 5.82. The monoisotopic (exact) mass is 263 g/mol. The first-order valence-electron chi connectivity index (χ1n) is 5.89. The highest BCUT2D eigenvalue weighted by Gasteiger charge is 2.06. The molecule has 4 nitrogen and oxygen atoms in total. The molecule has 0 aliphatic rings. The van der Waals surface area contributed by atoms with Crippen molar-refractivity contribution in [3.63, 3.8) is 0 Å². The van der Waals surface area contributed by atoms with Gasteiger partial charge in [0.05, 0.1) is 7.11 Å². The van der Waals surface area contributed by atoms with Gasteiger partial charge >= 0.3 is 0 Å². The smallest absolute Gasteiger partial charge is 0.202 e. The molecule has 18 heavy (non-hydrogen) atoms. The van der Waals surface area contributed by atoms with Crippen LogP contribution in [0.3, 0.4) is 0 Å². The highest BCUT2D eigenvalue weighted by atomic mass is 32.1. The van der Waals surface area contributed by atoms with Crippen molar-refractivity contribution in [2.24, 2.45) is 0 Å². The van der Waals surface area contributed by atoms with Crippen LogP contribution in [-0.2, 0) is 6.54 Å². The van der Waals surface area contributed by atoms with Crippen LogP contribution in [0.4, 0.5) is 5.13 Å². The molecular weight excluding hydrogens is 246 g/mol. The summed E-state index contributed by atoms with van der Waals surface area (Å²) in [6.07, 6.45) is 0. The fourth-order valence-corrected chi connectivity index (χ4v) is 2.16. The Morgan fingerprint density at radius 1 is 1.28 bits per heavy atom. The average molecular weight is 263 g/mol. The van der Waals surface area contributed by atoms with Crippen molar-refractivity contribution in [1.82, 2.24) is 9.36 Å². The van der Waals surface area contributed by atoms with Gasteiger partial charge in [0.1, 0.15) is 11.6 Å². The first-order chi connectivity index (χ1) is 8.69. The van der Waals surface area contributed by atoms with Gasteiger partial charge in [0, 0.05) is 24.0 Å². The number of nitrogens with zero attached hydrogens (tertiary/aromatic N) is 2. The molecule has 0 aliphatic carbocycles. The Kier molecular flexibility index (Phi) is 4.15. The highest BCUT2D eigenvalue weighted by Crippen LogP contribution is 2.18. The molecule has 0 fully saturated rings. The van der Waals surface area contributed by atoms with Crippen LogP contribution in [0.2, 0.25) is 0 Å². The maximum absolute atomic E-state index is 5.12. The van der Waals surface area contributed by atoms with Gasteiger partial charge in [0.15, 0.2) is 0 Å². The summed E-state index contributed by atoms with van der Waals surface area (Å²) in [6.45, 7) is 4.93. The zero-order valence-corrected chi connectivity index (χ0v) is 11.6. The molecule has 1 aromatic carbocycles. The number of nitrogens with one attached hydrogen (secondary N) is 1. The number of aromatic nitrogens is 2. The Balaban J connectivity index is 1.93. The topological polar surface area (TPSA) is 47.0 Å². The third kappa shape index (κ3) is 3.20. The largest absolute Gasteiger partial charge is 0.497 e. The number of benzene rings is 1. The minimum atomic E-state index is 0.373. The van der Waals surface area contributed by atoms with E-state index in [1.54, 1.807) is 7.11 Å². The van der Waals surface area contributed by atoms with E-state index >= 15 is 0 Å². The van der Waals surface area contributed by atoms with Gasteiger partial charge in [0.2, 0.25) is 5.13 Å². The summed E-state index contributed by atoms with van der Waals surface area (Å²) in [7, 11) is 1.67. The van der Waals surface area contributed by atoms with Crippen molar-refractivity contribution in [3.8, 4) is 5.75 Å². The summed E-state index contributed by atoms with van der Waals surface area (Å²) < 4.78 is 9.42. The highest BCUT2D eigenvalue weighted by molar-refractivity contribution is 7.09. The third-order valence-electron chi connectivity index (χ3n) is 2.56. The van der Waals surface area contributed by atoms with E-state index in [2.05, 4.69) is 28.5 Å². The summed E-state index contributed by atoms with van der Waals surface area (Å²) in [6, 6.07) is 7.99. The zero-order valence-electron chi connectivity index (χ0n) is 10.8. The molecule has 0 saturated carbocycles. The Morgan fingerprint density at radius 2 is 2.00 bits per heavy atom. The average Bonchev–Trinajstić information content (AvgIpc) is 2.86. The van der Waals surface area contributed by atoms with Crippen LogP contribution in [0.5, 0.6) is 5.75 Å². The van der Waals surface area contributed by atoms with E-state index in [4.69, 9.17) is 4.74 Å². The van der Waals surface area contributed by atoms with Crippen LogP contribution in [0.1, 0.15) is 31.2 Å². The van der Waals surface area contributed by atoms with Crippen molar-refractivity contribution >= 4 is 16.7 Å². The first kappa shape index (κ1) is 12.8. The van der Waals surface area contributed by atoms with Crippen molar-refractivity contribution in [2.75, 3.05) is 12.4 Å². The van der Waals surface area contributed by atoms with Gasteiger partial charge in [-0.1, -0.05) is 26.0 Å². The molecule has 0 saturated heterocycles. The van der Waals surface area contributed by atoms with Crippen LogP contribution in [-0.4, -0.2) is 16.5 Å². The predicted octanol–water partition coefficient (Wildman–Crippen LogP) is 3.28. The maximum atomic E-state index is 5.12. The summed E-state index contributed by atoms with van der Waals surface area (Å²) in [5, 5.41) is 4.15. The Morgan fingerprint density at radius 3 is 2.56 bits per heavy atom. The standard InChI is InChI=1S/C13H17N3OS/c1-9(2)12-15-13(18-16-12)14-8-10-4-6-11(17-3)7-5-10/h4-7,9H,8H2,1-3H3,(H,14,15,16). The van der Waals surface area contributed by atoms with E-state index in [0.717, 1.165) is 23.3 Å². The van der Waals surface area contributed by atoms with E-state index in [1.807, 2.05) is 24.3 Å². The number of ether oxygens (including phenoxy) is 1. The summed E-state index contributed by atoms with van der Waals surface area (Å²) in [4.78, 5) is 4.43. The molecule has 0 radical (unpaired) electrons. The number of hydrogen-bond donors (Lipinski definition) is 1. The molecule has 0 unspecified atom stereocenters. The number of hydrogen-bond acceptors (Lipinski definition) is 5. The minimum absolute atomic E-state index is 0.373. The lowest BCUT2D eigenvalue weighted by Crippen LogP contribution is -1.99. The van der Waals surface area contributed by atoms with Crippen LogP contribution < -0.4 is 10.1 Å². The van der Waals surface area contributed by atoms with E-state index in [0.29, 0.717) is 5.92 Å². The summed E-state index contributed by atoms with van der Waals surface area (Å²) in [5.41, 5.74) is 1.19. The van der Waals surface area contributed by atoms with Crippen molar-refractivity contribution < 1.29 is 4.74 Å². The fourth-order valence-electron chi connectivity index (χ4n) is 1.46. The van der Waals surface area contributed by atoms with E-state index in [-0.39, 0.29) is 0 Å². The molecule has 0 spiro atoms. The summed E-state index contributed by atoms with van der Waals surface area (Å²) in [5.74, 6) is 2.15. The Labute approximate surface area is 111 Å². The lowest BCUT2D eigenvalue weighted by molar-refractivity contribution is 0.414. The van der Waals surface area contributed by atoms with Crippen molar-refractivity contribution in [1.29, 1.82) is 0 Å². The molecule has 1 aromatic heterocycles. The third-order valence-corrected chi connectivity index (χ3v) is 3.25. The van der Waals surface area contributed by atoms with Crippen molar-refractivity contribution in [2.45, 2.75) is 26.3 Å². The molecule has 0 aliphatic heterocycles. The normalized spacial score (nSPS) is 10.7. The molecular formula is C13H17N3OS. The van der Waals surface area contributed by atoms with Crippen LogP contribution in [0.25, 0.3) is 0 Å². The van der Waals surface area contributed by atoms with Gasteiger partial charge in [-0.25, -0.2) is 4.98 Å². The number of rotatable bonds is 5. The number of methoxy groups -OCH3 is 1. The zero-order chi connectivity index (χ0) is 13.0. The quantitative estimate of drug-likeness (QED) is 0.899. The van der Waals surface area contributed by atoms with Crippen LogP contribution in [0, 0.1) is 0 Å². The van der Waals surface area contributed by atoms with E-state index in [9.17, 15) is 0 Å². The van der Waals surface area contributed by atoms with Gasteiger partial charge < -0.3 is 10.1 Å². The second-order valence-corrected chi connectivity index (χ2v) is 5.07. The molecule has 0 bridgehead atoms. The summed E-state index contributed by atoms with van der Waals surface area (Å²) >= 11 is 1.41. The van der Waals surface area contributed by atoms with Crippen molar-refractivity contribution in [3.05, 3.63) is 35.7 Å². The molecule has 1 heterocycles. The Bertz CT molecular complexity index is 493. The second-order valence-electron chi connectivity index (χ2n) is 4.31. The Hall–Kier alpha value is -1.62. The lowest BCUT2D eigenvalue weighted by Gasteiger charge is -2.04. The van der Waals surface area contributed by atoms with Gasteiger partial charge in [-0.15, -0.1) is 0 Å². The molecule has 2 aromatic rings. The first-order valence-corrected chi connectivity index (χ1v) is 6.67. The molecule has 0 amide bonds. The molecule has 2 rings (SSSR count). The fraction of sp³-hybridized carbons (Fsp3) is 0.385. The molecule has 0 atom stereocenters. The van der Waals surface area contributed by atoms with Gasteiger partial charge in [-0.05, 0) is 17.7 Å². The van der Waals surface area contributed by atoms with E-state index < -0.39 is 0 Å². The molecule has 1 N–H and O–H groups in total. The van der Waals surface area contributed by atoms with E-state index in [1.165, 1.54) is 17.1 Å². The van der Waals surface area contributed by atoms with Gasteiger partial charge in [-0.2, -0.15) is 4.37 Å². The van der Waals surface area contributed by atoms with Gasteiger partial charge in [-0.3, -0.25) is 0 Å². The molecule has 5 heteroatoms. The minimum Gasteiger partial charge on any atom is -0.497 e. The van der Waals surface area contributed by atoms with Crippen LogP contribution >= 0.6 is 11.5 Å². The SMILES string of the molecule is COc1ccc(CNc2nc(C(C)C)ns2)cc1. The molecule has 96 valence electrons.